The Balaban J connectivity index is 1.84. The smallest absolute Gasteiger partial charge is 0.131 e. The van der Waals surface area contributed by atoms with E-state index >= 15 is 0 Å². The number of aromatic nitrogens is 2. The van der Waals surface area contributed by atoms with Gasteiger partial charge in [0.05, 0.1) is 0 Å². The Bertz CT molecular complexity index is 367. The zero-order valence-corrected chi connectivity index (χ0v) is 11.4. The Morgan fingerprint density at radius 2 is 2.00 bits per heavy atom. The molecule has 4 nitrogen and oxygen atoms in total. The lowest BCUT2D eigenvalue weighted by atomic mass is 9.98. The molecule has 0 saturated heterocycles. The highest BCUT2D eigenvalue weighted by Crippen LogP contribution is 2.31. The third-order valence-electron chi connectivity index (χ3n) is 3.81. The first-order valence-electron chi connectivity index (χ1n) is 7.09. The van der Waals surface area contributed by atoms with Gasteiger partial charge in [-0.25, -0.2) is 9.97 Å². The molecule has 1 fully saturated rings. The molecule has 0 aromatic carbocycles. The molecule has 0 spiro atoms. The van der Waals surface area contributed by atoms with Crippen molar-refractivity contribution in [2.45, 2.75) is 39.5 Å². The fourth-order valence-corrected chi connectivity index (χ4v) is 2.56. The van der Waals surface area contributed by atoms with E-state index in [9.17, 15) is 0 Å². The Morgan fingerprint density at radius 1 is 1.22 bits per heavy atom. The van der Waals surface area contributed by atoms with Crippen molar-refractivity contribution in [2.75, 3.05) is 23.7 Å². The lowest BCUT2D eigenvalue weighted by Gasteiger charge is -2.16. The summed E-state index contributed by atoms with van der Waals surface area (Å²) in [5.74, 6) is 3.49. The second-order valence-electron chi connectivity index (χ2n) is 5.26. The summed E-state index contributed by atoms with van der Waals surface area (Å²) in [5, 5.41) is 6.72. The van der Waals surface area contributed by atoms with Gasteiger partial charge in [0, 0.05) is 19.2 Å². The van der Waals surface area contributed by atoms with E-state index in [1.165, 1.54) is 19.3 Å². The maximum atomic E-state index is 4.27. The van der Waals surface area contributed by atoms with Crippen molar-refractivity contribution in [2.24, 2.45) is 11.8 Å². The summed E-state index contributed by atoms with van der Waals surface area (Å²) in [4.78, 5) is 8.48. The van der Waals surface area contributed by atoms with Crippen LogP contribution in [-0.4, -0.2) is 23.1 Å². The van der Waals surface area contributed by atoms with Crippen LogP contribution in [-0.2, 0) is 0 Å². The van der Waals surface area contributed by atoms with Gasteiger partial charge < -0.3 is 10.6 Å². The first-order valence-corrected chi connectivity index (χ1v) is 7.09. The number of nitrogens with one attached hydrogen (secondary N) is 2. The van der Waals surface area contributed by atoms with Gasteiger partial charge in [-0.05, 0) is 24.7 Å². The molecule has 1 heterocycles. The molecule has 1 aliphatic carbocycles. The van der Waals surface area contributed by atoms with Crippen LogP contribution in [0.15, 0.2) is 12.4 Å². The van der Waals surface area contributed by atoms with E-state index in [1.807, 2.05) is 6.07 Å². The van der Waals surface area contributed by atoms with Gasteiger partial charge in [0.25, 0.3) is 0 Å². The first-order chi connectivity index (χ1) is 8.79. The Morgan fingerprint density at radius 3 is 2.67 bits per heavy atom. The minimum Gasteiger partial charge on any atom is -0.370 e. The summed E-state index contributed by atoms with van der Waals surface area (Å²) in [6, 6.07) is 2.00. The molecule has 0 bridgehead atoms. The van der Waals surface area contributed by atoms with Crippen LogP contribution in [0.25, 0.3) is 0 Å². The highest BCUT2D eigenvalue weighted by molar-refractivity contribution is 5.46. The SMILES string of the molecule is CCCNc1cc(NCC2CCCC2C)ncn1. The molecule has 1 saturated carbocycles. The van der Waals surface area contributed by atoms with Crippen LogP contribution in [0.5, 0.6) is 0 Å². The standard InChI is InChI=1S/C14H24N4/c1-3-7-15-13-8-14(18-10-17-13)16-9-12-6-4-5-11(12)2/h8,10-12H,3-7,9H2,1-2H3,(H2,15,16,17,18). The Kier molecular flexibility index (Phi) is 4.79. The average Bonchev–Trinajstić information content (AvgIpc) is 2.80. The van der Waals surface area contributed by atoms with Crippen molar-refractivity contribution in [3.8, 4) is 0 Å². The third kappa shape index (κ3) is 3.59. The third-order valence-corrected chi connectivity index (χ3v) is 3.81. The van der Waals surface area contributed by atoms with Crippen molar-refractivity contribution in [3.05, 3.63) is 12.4 Å². The van der Waals surface area contributed by atoms with E-state index in [4.69, 9.17) is 0 Å². The van der Waals surface area contributed by atoms with Gasteiger partial charge in [-0.1, -0.05) is 26.7 Å². The molecular formula is C14H24N4. The fourth-order valence-electron chi connectivity index (χ4n) is 2.56. The van der Waals surface area contributed by atoms with Gasteiger partial charge in [0.15, 0.2) is 0 Å². The summed E-state index contributed by atoms with van der Waals surface area (Å²) in [7, 11) is 0. The van der Waals surface area contributed by atoms with Crippen LogP contribution in [0.2, 0.25) is 0 Å². The van der Waals surface area contributed by atoms with Gasteiger partial charge in [0.1, 0.15) is 18.0 Å². The summed E-state index contributed by atoms with van der Waals surface area (Å²) in [5.41, 5.74) is 0. The molecule has 4 heteroatoms. The second-order valence-corrected chi connectivity index (χ2v) is 5.26. The molecule has 1 aliphatic rings. The molecule has 0 aliphatic heterocycles. The second kappa shape index (κ2) is 6.57. The Hall–Kier alpha value is -1.32. The summed E-state index contributed by atoms with van der Waals surface area (Å²) >= 11 is 0. The average molecular weight is 248 g/mol. The predicted molar refractivity (Wildman–Crippen MR) is 75.8 cm³/mol. The Labute approximate surface area is 110 Å². The van der Waals surface area contributed by atoms with E-state index in [0.717, 1.165) is 43.0 Å². The van der Waals surface area contributed by atoms with Crippen molar-refractivity contribution >= 4 is 11.6 Å². The first kappa shape index (κ1) is 13.1. The molecule has 0 radical (unpaired) electrons. The molecule has 1 aromatic heterocycles. The number of hydrogen-bond donors (Lipinski definition) is 2. The maximum Gasteiger partial charge on any atom is 0.131 e. The minimum absolute atomic E-state index is 0.798. The normalized spacial score (nSPS) is 23.0. The van der Waals surface area contributed by atoms with Crippen LogP contribution in [0.4, 0.5) is 11.6 Å². The molecule has 100 valence electrons. The topological polar surface area (TPSA) is 49.8 Å². The summed E-state index contributed by atoms with van der Waals surface area (Å²) in [6.07, 6.45) is 6.82. The predicted octanol–water partition coefficient (Wildman–Crippen LogP) is 3.15. The number of anilines is 2. The molecule has 2 atom stereocenters. The van der Waals surface area contributed by atoms with E-state index in [1.54, 1.807) is 6.33 Å². The molecule has 2 unspecified atom stereocenters. The van der Waals surface area contributed by atoms with E-state index in [0.29, 0.717) is 0 Å². The lowest BCUT2D eigenvalue weighted by Crippen LogP contribution is -2.17. The van der Waals surface area contributed by atoms with Gasteiger partial charge >= 0.3 is 0 Å². The summed E-state index contributed by atoms with van der Waals surface area (Å²) in [6.45, 7) is 6.49. The van der Waals surface area contributed by atoms with Crippen molar-refractivity contribution in [1.29, 1.82) is 0 Å². The van der Waals surface area contributed by atoms with Crippen LogP contribution >= 0.6 is 0 Å². The van der Waals surface area contributed by atoms with Crippen LogP contribution in [0, 0.1) is 11.8 Å². The number of hydrogen-bond acceptors (Lipinski definition) is 4. The quantitative estimate of drug-likeness (QED) is 0.812. The zero-order chi connectivity index (χ0) is 12.8. The molecule has 2 N–H and O–H groups in total. The fraction of sp³-hybridized carbons (Fsp3) is 0.714. The van der Waals surface area contributed by atoms with Gasteiger partial charge in [-0.2, -0.15) is 0 Å². The summed E-state index contributed by atoms with van der Waals surface area (Å²) < 4.78 is 0. The van der Waals surface area contributed by atoms with Crippen LogP contribution < -0.4 is 10.6 Å². The van der Waals surface area contributed by atoms with E-state index in [2.05, 4.69) is 34.4 Å². The van der Waals surface area contributed by atoms with Crippen LogP contribution in [0.3, 0.4) is 0 Å². The molecule has 1 aromatic rings. The largest absolute Gasteiger partial charge is 0.370 e. The highest BCUT2D eigenvalue weighted by Gasteiger charge is 2.22. The molecule has 2 rings (SSSR count). The van der Waals surface area contributed by atoms with E-state index in [-0.39, 0.29) is 0 Å². The van der Waals surface area contributed by atoms with Crippen LogP contribution in [0.1, 0.15) is 39.5 Å². The van der Waals surface area contributed by atoms with Gasteiger partial charge in [0.2, 0.25) is 0 Å². The van der Waals surface area contributed by atoms with Crippen molar-refractivity contribution < 1.29 is 0 Å². The number of nitrogens with zero attached hydrogens (tertiary/aromatic N) is 2. The monoisotopic (exact) mass is 248 g/mol. The number of rotatable bonds is 6. The highest BCUT2D eigenvalue weighted by atomic mass is 15.1. The lowest BCUT2D eigenvalue weighted by molar-refractivity contribution is 0.439. The maximum absolute atomic E-state index is 4.27. The molecule has 0 amide bonds. The molecule has 18 heavy (non-hydrogen) atoms. The van der Waals surface area contributed by atoms with Crippen molar-refractivity contribution in [1.82, 2.24) is 9.97 Å². The van der Waals surface area contributed by atoms with Gasteiger partial charge in [-0.15, -0.1) is 0 Å². The van der Waals surface area contributed by atoms with Gasteiger partial charge in [-0.3, -0.25) is 0 Å². The van der Waals surface area contributed by atoms with E-state index < -0.39 is 0 Å². The minimum atomic E-state index is 0.798. The zero-order valence-electron chi connectivity index (χ0n) is 11.4. The molecular weight excluding hydrogens is 224 g/mol. The van der Waals surface area contributed by atoms with Crippen molar-refractivity contribution in [3.63, 3.8) is 0 Å².